The number of rotatable bonds is 8. The van der Waals surface area contributed by atoms with Crippen molar-refractivity contribution in [2.24, 2.45) is 0 Å². The molecule has 1 aromatic heterocycles. The normalized spacial score (nSPS) is 14.6. The molecule has 2 N–H and O–H groups in total. The van der Waals surface area contributed by atoms with Gasteiger partial charge >= 0.3 is 0 Å². The van der Waals surface area contributed by atoms with E-state index in [4.69, 9.17) is 0 Å². The molecule has 0 bridgehead atoms. The van der Waals surface area contributed by atoms with Gasteiger partial charge in [-0.3, -0.25) is 14.8 Å². The SMILES string of the molecule is CN(Cc1ccccc1NC(=O)c1ccc(CSc2ncn[nH]2)cc1)C1CCCCC1. The Hall–Kier alpha value is -2.64. The van der Waals surface area contributed by atoms with Crippen LogP contribution in [0.1, 0.15) is 53.6 Å². The van der Waals surface area contributed by atoms with Crippen molar-refractivity contribution in [3.8, 4) is 0 Å². The van der Waals surface area contributed by atoms with E-state index in [1.54, 1.807) is 11.8 Å². The Kier molecular flexibility index (Phi) is 7.38. The fourth-order valence-electron chi connectivity index (χ4n) is 4.06. The molecule has 0 radical (unpaired) electrons. The van der Waals surface area contributed by atoms with Crippen molar-refractivity contribution < 1.29 is 4.79 Å². The summed E-state index contributed by atoms with van der Waals surface area (Å²) in [5.74, 6) is 0.690. The number of anilines is 1. The van der Waals surface area contributed by atoms with Gasteiger partial charge < -0.3 is 5.32 Å². The summed E-state index contributed by atoms with van der Waals surface area (Å²) >= 11 is 1.58. The Balaban J connectivity index is 1.36. The van der Waals surface area contributed by atoms with Gasteiger partial charge in [-0.1, -0.05) is 61.4 Å². The summed E-state index contributed by atoms with van der Waals surface area (Å²) in [5, 5.41) is 10.6. The highest BCUT2D eigenvalue weighted by Crippen LogP contribution is 2.25. The van der Waals surface area contributed by atoms with Crippen LogP contribution in [0, 0.1) is 0 Å². The molecule has 0 aliphatic heterocycles. The quantitative estimate of drug-likeness (QED) is 0.481. The first-order valence-corrected chi connectivity index (χ1v) is 11.8. The van der Waals surface area contributed by atoms with Crippen molar-refractivity contribution in [3.05, 3.63) is 71.5 Å². The van der Waals surface area contributed by atoms with E-state index >= 15 is 0 Å². The molecule has 3 aromatic rings. The van der Waals surface area contributed by atoms with Gasteiger partial charge in [0.2, 0.25) is 0 Å². The number of aromatic amines is 1. The number of aromatic nitrogens is 3. The van der Waals surface area contributed by atoms with Crippen LogP contribution >= 0.6 is 11.8 Å². The minimum atomic E-state index is -0.0813. The van der Waals surface area contributed by atoms with E-state index in [0.717, 1.165) is 34.3 Å². The Bertz CT molecular complexity index is 968. The molecular formula is C24H29N5OS. The molecule has 1 amide bonds. The summed E-state index contributed by atoms with van der Waals surface area (Å²) in [5.41, 5.74) is 3.83. The number of thioether (sulfide) groups is 1. The molecule has 4 rings (SSSR count). The summed E-state index contributed by atoms with van der Waals surface area (Å²) in [4.78, 5) is 19.4. The molecule has 0 atom stereocenters. The molecule has 1 aliphatic carbocycles. The first-order chi connectivity index (χ1) is 15.2. The number of hydrogen-bond donors (Lipinski definition) is 2. The lowest BCUT2D eigenvalue weighted by Crippen LogP contribution is -2.33. The molecule has 6 nitrogen and oxygen atoms in total. The molecule has 2 aromatic carbocycles. The number of benzene rings is 2. The van der Waals surface area contributed by atoms with Crippen molar-refractivity contribution in [2.75, 3.05) is 12.4 Å². The molecule has 0 spiro atoms. The van der Waals surface area contributed by atoms with Crippen molar-refractivity contribution in [2.45, 2.75) is 55.6 Å². The third kappa shape index (κ3) is 5.95. The average Bonchev–Trinajstić information content (AvgIpc) is 3.33. The zero-order chi connectivity index (χ0) is 21.5. The highest BCUT2D eigenvalue weighted by atomic mass is 32.2. The van der Waals surface area contributed by atoms with Gasteiger partial charge in [0.1, 0.15) is 6.33 Å². The molecule has 1 heterocycles. The smallest absolute Gasteiger partial charge is 0.255 e. The van der Waals surface area contributed by atoms with Gasteiger partial charge in [0.05, 0.1) is 0 Å². The Morgan fingerprint density at radius 1 is 1.13 bits per heavy atom. The second-order valence-electron chi connectivity index (χ2n) is 8.09. The number of H-pyrrole nitrogens is 1. The second-order valence-corrected chi connectivity index (χ2v) is 9.06. The fourth-order valence-corrected chi connectivity index (χ4v) is 4.80. The standard InChI is InChI=1S/C24H29N5OS/c1-29(21-8-3-2-4-9-21)15-20-7-5-6-10-22(20)27-23(30)19-13-11-18(12-14-19)16-31-24-25-17-26-28-24/h5-7,10-14,17,21H,2-4,8-9,15-16H2,1H3,(H,27,30)(H,25,26,28). The van der Waals surface area contributed by atoms with Crippen LogP contribution in [0.3, 0.4) is 0 Å². The van der Waals surface area contributed by atoms with Gasteiger partial charge in [0, 0.05) is 29.6 Å². The summed E-state index contributed by atoms with van der Waals surface area (Å²) in [7, 11) is 2.20. The third-order valence-electron chi connectivity index (χ3n) is 5.87. The van der Waals surface area contributed by atoms with Crippen molar-refractivity contribution in [1.29, 1.82) is 0 Å². The molecule has 0 saturated heterocycles. The van der Waals surface area contributed by atoms with E-state index in [0.29, 0.717) is 11.6 Å². The zero-order valence-electron chi connectivity index (χ0n) is 17.9. The number of carbonyl (C=O) groups is 1. The summed E-state index contributed by atoms with van der Waals surface area (Å²) in [6.07, 6.45) is 8.04. The van der Waals surface area contributed by atoms with Crippen LogP contribution in [0.5, 0.6) is 0 Å². The predicted octanol–water partition coefficient (Wildman–Crippen LogP) is 5.11. The van der Waals surface area contributed by atoms with Gasteiger partial charge in [-0.2, -0.15) is 5.10 Å². The van der Waals surface area contributed by atoms with Crippen molar-refractivity contribution in [1.82, 2.24) is 20.1 Å². The maximum atomic E-state index is 12.9. The molecule has 1 saturated carbocycles. The predicted molar refractivity (Wildman–Crippen MR) is 125 cm³/mol. The van der Waals surface area contributed by atoms with Crippen LogP contribution in [-0.4, -0.2) is 39.1 Å². The van der Waals surface area contributed by atoms with Crippen LogP contribution in [0.4, 0.5) is 5.69 Å². The highest BCUT2D eigenvalue weighted by Gasteiger charge is 2.19. The fraction of sp³-hybridized carbons (Fsp3) is 0.375. The largest absolute Gasteiger partial charge is 0.322 e. The van der Waals surface area contributed by atoms with Crippen LogP contribution < -0.4 is 5.32 Å². The van der Waals surface area contributed by atoms with E-state index in [2.05, 4.69) is 38.5 Å². The van der Waals surface area contributed by atoms with E-state index in [1.165, 1.54) is 38.4 Å². The lowest BCUT2D eigenvalue weighted by atomic mass is 9.94. The van der Waals surface area contributed by atoms with Crippen LogP contribution in [-0.2, 0) is 12.3 Å². The van der Waals surface area contributed by atoms with E-state index in [9.17, 15) is 4.79 Å². The van der Waals surface area contributed by atoms with Gasteiger partial charge in [-0.15, -0.1) is 0 Å². The summed E-state index contributed by atoms with van der Waals surface area (Å²) in [6, 6.07) is 16.5. The first-order valence-electron chi connectivity index (χ1n) is 10.9. The lowest BCUT2D eigenvalue weighted by molar-refractivity contribution is 0.102. The van der Waals surface area contributed by atoms with Crippen molar-refractivity contribution >= 4 is 23.4 Å². The number of nitrogens with one attached hydrogen (secondary N) is 2. The average molecular weight is 436 g/mol. The molecular weight excluding hydrogens is 406 g/mol. The Morgan fingerprint density at radius 3 is 2.65 bits per heavy atom. The second kappa shape index (κ2) is 10.6. The van der Waals surface area contributed by atoms with Gasteiger partial charge in [0.15, 0.2) is 5.16 Å². The van der Waals surface area contributed by atoms with Crippen LogP contribution in [0.25, 0.3) is 0 Å². The number of carbonyl (C=O) groups excluding carboxylic acids is 1. The third-order valence-corrected chi connectivity index (χ3v) is 6.82. The van der Waals surface area contributed by atoms with E-state index < -0.39 is 0 Å². The number of hydrogen-bond acceptors (Lipinski definition) is 5. The molecule has 0 unspecified atom stereocenters. The number of para-hydroxylation sites is 1. The minimum Gasteiger partial charge on any atom is -0.322 e. The topological polar surface area (TPSA) is 73.9 Å². The molecule has 7 heteroatoms. The number of nitrogens with zero attached hydrogens (tertiary/aromatic N) is 3. The lowest BCUT2D eigenvalue weighted by Gasteiger charge is -2.31. The zero-order valence-corrected chi connectivity index (χ0v) is 18.7. The molecule has 162 valence electrons. The Labute approximate surface area is 187 Å². The van der Waals surface area contributed by atoms with E-state index in [-0.39, 0.29) is 5.91 Å². The van der Waals surface area contributed by atoms with E-state index in [1.807, 2.05) is 42.5 Å². The highest BCUT2D eigenvalue weighted by molar-refractivity contribution is 7.98. The minimum absolute atomic E-state index is 0.0813. The van der Waals surface area contributed by atoms with Gasteiger partial charge in [-0.05, 0) is 49.2 Å². The first kappa shape index (κ1) is 21.6. The Morgan fingerprint density at radius 2 is 1.90 bits per heavy atom. The van der Waals surface area contributed by atoms with Gasteiger partial charge in [0.25, 0.3) is 5.91 Å². The van der Waals surface area contributed by atoms with Crippen molar-refractivity contribution in [3.63, 3.8) is 0 Å². The van der Waals surface area contributed by atoms with Crippen LogP contribution in [0.15, 0.2) is 60.0 Å². The summed E-state index contributed by atoms with van der Waals surface area (Å²) < 4.78 is 0. The number of amides is 1. The van der Waals surface area contributed by atoms with Crippen LogP contribution in [0.2, 0.25) is 0 Å². The molecule has 31 heavy (non-hydrogen) atoms. The summed E-state index contributed by atoms with van der Waals surface area (Å²) in [6.45, 7) is 0.846. The molecule has 1 aliphatic rings. The molecule has 1 fully saturated rings. The monoisotopic (exact) mass is 435 g/mol. The maximum Gasteiger partial charge on any atom is 0.255 e. The maximum absolute atomic E-state index is 12.9. The van der Waals surface area contributed by atoms with Gasteiger partial charge in [-0.25, -0.2) is 4.98 Å².